The molecule has 2 atom stereocenters. The van der Waals surface area contributed by atoms with Gasteiger partial charge in [-0.05, 0) is 21.0 Å². The molecular weight excluding hydrogens is 176 g/mol. The molecule has 2 nitrogen and oxygen atoms in total. The van der Waals surface area contributed by atoms with Crippen LogP contribution in [-0.2, 0) is 0 Å². The lowest BCUT2D eigenvalue weighted by molar-refractivity contribution is -0.149. The van der Waals surface area contributed by atoms with Crippen LogP contribution in [0.25, 0.3) is 0 Å². The van der Waals surface area contributed by atoms with E-state index in [0.29, 0.717) is 5.31 Å². The fourth-order valence-corrected chi connectivity index (χ4v) is 0.848. The first-order valence-electron chi connectivity index (χ1n) is 2.83. The van der Waals surface area contributed by atoms with Crippen molar-refractivity contribution in [1.29, 1.82) is 0 Å². The third kappa shape index (κ3) is 5.18. The van der Waals surface area contributed by atoms with E-state index in [-0.39, 0.29) is 8.73 Å². The molecular formula is C5H10F3N2P. The third-order valence-electron chi connectivity index (χ3n) is 0.794. The molecule has 0 saturated heterocycles. The smallest absolute Gasteiger partial charge is 0.308 e. The lowest BCUT2D eigenvalue weighted by Crippen LogP contribution is -2.45. The maximum Gasteiger partial charge on any atom is 0.417 e. The summed E-state index contributed by atoms with van der Waals surface area (Å²) in [5.41, 5.74) is 4.73. The molecule has 0 aliphatic rings. The van der Waals surface area contributed by atoms with Crippen LogP contribution in [0.5, 0.6) is 0 Å². The minimum atomic E-state index is -4.37. The van der Waals surface area contributed by atoms with E-state index in [2.05, 4.69) is 11.7 Å². The molecule has 0 aliphatic carbocycles. The zero-order valence-electron chi connectivity index (χ0n) is 6.00. The molecule has 0 aromatic heterocycles. The van der Waals surface area contributed by atoms with E-state index >= 15 is 0 Å². The highest BCUT2D eigenvalue weighted by Crippen LogP contribution is 2.22. The zero-order valence-corrected chi connectivity index (χ0v) is 7.00. The van der Waals surface area contributed by atoms with Crippen molar-refractivity contribution in [1.82, 2.24) is 5.09 Å². The summed E-state index contributed by atoms with van der Waals surface area (Å²) < 4.78 is 35.1. The normalized spacial score (nSPS) is 15.7. The highest BCUT2D eigenvalue weighted by atomic mass is 31.1. The van der Waals surface area contributed by atoms with Crippen LogP contribution >= 0.6 is 8.73 Å². The molecule has 0 saturated carbocycles. The van der Waals surface area contributed by atoms with Gasteiger partial charge >= 0.3 is 6.18 Å². The Labute approximate surface area is 64.9 Å². The van der Waals surface area contributed by atoms with E-state index < -0.39 is 12.3 Å². The Morgan fingerprint density at radius 1 is 1.64 bits per heavy atom. The fraction of sp³-hybridized carbons (Fsp3) is 0.600. The van der Waals surface area contributed by atoms with E-state index in [1.54, 1.807) is 6.92 Å². The summed E-state index contributed by atoms with van der Waals surface area (Å²) in [4.78, 5) is 0. The highest BCUT2D eigenvalue weighted by molar-refractivity contribution is 7.40. The Hall–Kier alpha value is -0.120. The van der Waals surface area contributed by atoms with Crippen LogP contribution < -0.4 is 10.8 Å². The maximum atomic E-state index is 11.7. The molecule has 6 heteroatoms. The summed E-state index contributed by atoms with van der Waals surface area (Å²) in [6.45, 7) is 5.07. The molecule has 0 aromatic rings. The summed E-state index contributed by atoms with van der Waals surface area (Å²) >= 11 is 0. The first-order valence-corrected chi connectivity index (χ1v) is 3.83. The quantitative estimate of drug-likeness (QED) is 0.518. The number of nitrogens with one attached hydrogen (secondary N) is 1. The maximum absolute atomic E-state index is 11.7. The van der Waals surface area contributed by atoms with Gasteiger partial charge in [0, 0.05) is 0 Å². The number of alkyl halides is 3. The second-order valence-electron chi connectivity index (χ2n) is 2.07. The SMILES string of the molecule is C=C(C)PNC(N)C(F)(F)F. The predicted octanol–water partition coefficient (Wildman–Crippen LogP) is 1.55. The molecule has 0 aromatic carbocycles. The van der Waals surface area contributed by atoms with Gasteiger partial charge in [-0.3, -0.25) is 5.09 Å². The van der Waals surface area contributed by atoms with Crippen LogP contribution in [0.1, 0.15) is 6.92 Å². The van der Waals surface area contributed by atoms with Crippen molar-refractivity contribution in [3.63, 3.8) is 0 Å². The molecule has 0 amide bonds. The molecule has 0 spiro atoms. The lowest BCUT2D eigenvalue weighted by atomic mass is 10.5. The van der Waals surface area contributed by atoms with Gasteiger partial charge in [0.1, 0.15) is 0 Å². The van der Waals surface area contributed by atoms with Crippen LogP contribution in [0, 0.1) is 0 Å². The summed E-state index contributed by atoms with van der Waals surface area (Å²) in [6, 6.07) is 0. The van der Waals surface area contributed by atoms with Gasteiger partial charge in [0.25, 0.3) is 0 Å². The van der Waals surface area contributed by atoms with Crippen LogP contribution in [0.2, 0.25) is 0 Å². The van der Waals surface area contributed by atoms with E-state index in [9.17, 15) is 13.2 Å². The fourth-order valence-electron chi connectivity index (χ4n) is 0.283. The van der Waals surface area contributed by atoms with E-state index in [0.717, 1.165) is 0 Å². The van der Waals surface area contributed by atoms with Crippen LogP contribution in [0.3, 0.4) is 0 Å². The Morgan fingerprint density at radius 3 is 2.36 bits per heavy atom. The number of rotatable bonds is 3. The van der Waals surface area contributed by atoms with Crippen LogP contribution in [0.4, 0.5) is 13.2 Å². The van der Waals surface area contributed by atoms with Crippen molar-refractivity contribution < 1.29 is 13.2 Å². The molecule has 3 N–H and O–H groups in total. The molecule has 0 heterocycles. The standard InChI is InChI=1S/C5H10F3N2P/c1-3(2)11-10-4(9)5(6,7)8/h4,10-11H,1,9H2,2H3. The highest BCUT2D eigenvalue weighted by Gasteiger charge is 2.36. The number of hydrogen-bond donors (Lipinski definition) is 2. The topological polar surface area (TPSA) is 38.0 Å². The summed E-state index contributed by atoms with van der Waals surface area (Å²) in [5, 5.41) is 2.75. The van der Waals surface area contributed by atoms with Gasteiger partial charge in [0.15, 0.2) is 6.17 Å². The Bertz CT molecular complexity index is 145. The zero-order chi connectivity index (χ0) is 9.07. The molecule has 0 rings (SSSR count). The number of nitrogens with two attached hydrogens (primary N) is 1. The van der Waals surface area contributed by atoms with Crippen molar-refractivity contribution >= 4 is 8.73 Å². The largest absolute Gasteiger partial charge is 0.417 e. The molecule has 0 aliphatic heterocycles. The summed E-state index contributed by atoms with van der Waals surface area (Å²) in [6.07, 6.45) is -6.32. The Balaban J connectivity index is 3.70. The van der Waals surface area contributed by atoms with Gasteiger partial charge in [-0.25, -0.2) is 0 Å². The molecule has 11 heavy (non-hydrogen) atoms. The average Bonchev–Trinajstić information content (AvgIpc) is 1.80. The van der Waals surface area contributed by atoms with Crippen molar-refractivity contribution in [3.8, 4) is 0 Å². The van der Waals surface area contributed by atoms with E-state index in [1.807, 2.05) is 0 Å². The number of allylic oxidation sites excluding steroid dienone is 1. The Morgan fingerprint density at radius 2 is 2.09 bits per heavy atom. The number of halogens is 3. The van der Waals surface area contributed by atoms with E-state index in [4.69, 9.17) is 5.73 Å². The lowest BCUT2D eigenvalue weighted by Gasteiger charge is -2.16. The van der Waals surface area contributed by atoms with E-state index in [1.165, 1.54) is 0 Å². The second-order valence-corrected chi connectivity index (χ2v) is 3.46. The summed E-state index contributed by atoms with van der Waals surface area (Å²) in [5.74, 6) is 0. The molecule has 66 valence electrons. The minimum Gasteiger partial charge on any atom is -0.308 e. The number of hydrogen-bond acceptors (Lipinski definition) is 2. The van der Waals surface area contributed by atoms with Gasteiger partial charge in [-0.1, -0.05) is 6.58 Å². The third-order valence-corrected chi connectivity index (χ3v) is 1.68. The van der Waals surface area contributed by atoms with Gasteiger partial charge in [0.2, 0.25) is 0 Å². The first kappa shape index (κ1) is 10.9. The molecule has 0 radical (unpaired) electrons. The van der Waals surface area contributed by atoms with Crippen molar-refractivity contribution in [2.45, 2.75) is 19.3 Å². The van der Waals surface area contributed by atoms with Crippen molar-refractivity contribution in [2.75, 3.05) is 0 Å². The average molecular weight is 186 g/mol. The monoisotopic (exact) mass is 186 g/mol. The van der Waals surface area contributed by atoms with Crippen LogP contribution in [-0.4, -0.2) is 12.3 Å². The van der Waals surface area contributed by atoms with Gasteiger partial charge < -0.3 is 5.73 Å². The molecule has 0 fully saturated rings. The van der Waals surface area contributed by atoms with Gasteiger partial charge in [-0.2, -0.15) is 13.2 Å². The Kier molecular flexibility index (Phi) is 4.00. The van der Waals surface area contributed by atoms with Gasteiger partial charge in [0.05, 0.1) is 0 Å². The van der Waals surface area contributed by atoms with Crippen LogP contribution in [0.15, 0.2) is 11.9 Å². The first-order chi connectivity index (χ1) is 4.84. The summed E-state index contributed by atoms with van der Waals surface area (Å²) in [7, 11) is -0.147. The van der Waals surface area contributed by atoms with Crippen molar-refractivity contribution in [3.05, 3.63) is 11.9 Å². The second kappa shape index (κ2) is 4.04. The predicted molar refractivity (Wildman–Crippen MR) is 40.3 cm³/mol. The van der Waals surface area contributed by atoms with Gasteiger partial charge in [-0.15, -0.1) is 0 Å². The molecule has 0 bridgehead atoms. The van der Waals surface area contributed by atoms with Crippen molar-refractivity contribution in [2.24, 2.45) is 5.73 Å². The molecule has 2 unspecified atom stereocenters. The minimum absolute atomic E-state index is 0.147.